The summed E-state index contributed by atoms with van der Waals surface area (Å²) >= 11 is 0. The Labute approximate surface area is 98.8 Å². The van der Waals surface area contributed by atoms with E-state index in [2.05, 4.69) is 33.5 Å². The van der Waals surface area contributed by atoms with Crippen molar-refractivity contribution in [3.63, 3.8) is 0 Å². The summed E-state index contributed by atoms with van der Waals surface area (Å²) in [6.45, 7) is 2.65. The second-order valence-electron chi connectivity index (χ2n) is 3.53. The molecule has 4 N–H and O–H groups in total. The van der Waals surface area contributed by atoms with Crippen molar-refractivity contribution in [2.75, 3.05) is 6.61 Å². The number of pyridine rings is 1. The number of unbranched alkanes of at least 4 members (excludes halogenated alkanes) is 1. The van der Waals surface area contributed by atoms with Gasteiger partial charge in [-0.05, 0) is 6.42 Å². The molecule has 0 spiro atoms. The predicted molar refractivity (Wildman–Crippen MR) is 62.2 cm³/mol. The van der Waals surface area contributed by atoms with E-state index in [0.29, 0.717) is 23.9 Å². The van der Waals surface area contributed by atoms with Gasteiger partial charge in [-0.1, -0.05) is 13.3 Å². The van der Waals surface area contributed by atoms with E-state index < -0.39 is 0 Å². The van der Waals surface area contributed by atoms with Crippen molar-refractivity contribution in [2.45, 2.75) is 19.8 Å². The molecule has 2 rings (SSSR count). The molecule has 0 fully saturated rings. The van der Waals surface area contributed by atoms with E-state index in [-0.39, 0.29) is 5.75 Å². The van der Waals surface area contributed by atoms with Gasteiger partial charge in [-0.2, -0.15) is 0 Å². The van der Waals surface area contributed by atoms with Crippen LogP contribution in [-0.4, -0.2) is 22.5 Å². The Morgan fingerprint density at radius 3 is 3.06 bits per heavy atom. The molecular weight excluding hydrogens is 222 g/mol. The van der Waals surface area contributed by atoms with Crippen LogP contribution in [0.15, 0.2) is 17.4 Å². The summed E-state index contributed by atoms with van der Waals surface area (Å²) in [5.41, 5.74) is 8.14. The average molecular weight is 237 g/mol. The number of rotatable bonds is 5. The highest BCUT2D eigenvalue weighted by molar-refractivity contribution is 6.00. The van der Waals surface area contributed by atoms with E-state index in [1.807, 2.05) is 0 Å². The zero-order valence-electron chi connectivity index (χ0n) is 9.53. The Hall–Kier alpha value is -2.02. The van der Waals surface area contributed by atoms with E-state index in [1.54, 1.807) is 12.3 Å². The molecule has 1 aliphatic heterocycles. The van der Waals surface area contributed by atoms with Gasteiger partial charge in [0.2, 0.25) is 0 Å². The molecule has 0 unspecified atom stereocenters. The topological polar surface area (TPSA) is 90.8 Å². The summed E-state index contributed by atoms with van der Waals surface area (Å²) < 4.78 is 5.46. The number of aromatic nitrogens is 1. The number of hydrazone groups is 1. The largest absolute Gasteiger partial charge is 0.503 e. The van der Waals surface area contributed by atoms with E-state index in [9.17, 15) is 5.11 Å². The van der Waals surface area contributed by atoms with Crippen LogP contribution in [-0.2, 0) is 0 Å². The Morgan fingerprint density at radius 2 is 2.35 bits per heavy atom. The first-order valence-electron chi connectivity index (χ1n) is 5.47. The Balaban J connectivity index is 2.15. The van der Waals surface area contributed by atoms with Crippen LogP contribution >= 0.6 is 0 Å². The molecule has 1 aromatic heterocycles. The smallest absolute Gasteiger partial charge is 0.193 e. The van der Waals surface area contributed by atoms with Crippen LogP contribution in [0.1, 0.15) is 25.5 Å². The molecule has 17 heavy (non-hydrogen) atoms. The first-order chi connectivity index (χ1) is 8.33. The number of aromatic hydroxyl groups is 1. The maximum Gasteiger partial charge on any atom is 0.193 e. The number of ether oxygens (including phenoxy) is 1. The lowest BCUT2D eigenvalue weighted by Crippen LogP contribution is -2.35. The van der Waals surface area contributed by atoms with Gasteiger partial charge >= 0.3 is 0 Å². The minimum Gasteiger partial charge on any atom is -0.503 e. The van der Waals surface area contributed by atoms with Gasteiger partial charge < -0.3 is 9.84 Å². The minimum atomic E-state index is -0.0136. The highest BCUT2D eigenvalue weighted by Gasteiger charge is 2.17. The highest BCUT2D eigenvalue weighted by Crippen LogP contribution is 2.28. The minimum absolute atomic E-state index is 0.0136. The molecule has 1 aliphatic rings. The number of amidine groups is 1. The van der Waals surface area contributed by atoms with Crippen molar-refractivity contribution in [1.82, 2.24) is 21.5 Å². The Kier molecular flexibility index (Phi) is 3.61. The van der Waals surface area contributed by atoms with Gasteiger partial charge in [-0.15, -0.1) is 10.6 Å². The number of nitrogens with one attached hydrogen (secondary N) is 3. The Morgan fingerprint density at radius 1 is 1.47 bits per heavy atom. The average Bonchev–Trinajstić information content (AvgIpc) is 2.85. The second-order valence-corrected chi connectivity index (χ2v) is 3.53. The zero-order valence-corrected chi connectivity index (χ0v) is 9.53. The van der Waals surface area contributed by atoms with Crippen LogP contribution in [0.4, 0.5) is 0 Å². The molecule has 92 valence electrons. The summed E-state index contributed by atoms with van der Waals surface area (Å²) in [7, 11) is 0. The van der Waals surface area contributed by atoms with Crippen molar-refractivity contribution < 1.29 is 9.84 Å². The third-order valence-corrected chi connectivity index (χ3v) is 2.27. The summed E-state index contributed by atoms with van der Waals surface area (Å²) in [6.07, 6.45) is 3.55. The van der Waals surface area contributed by atoms with Gasteiger partial charge in [-0.25, -0.2) is 10.5 Å². The third-order valence-electron chi connectivity index (χ3n) is 2.27. The van der Waals surface area contributed by atoms with Crippen molar-refractivity contribution in [3.8, 4) is 11.5 Å². The van der Waals surface area contributed by atoms with E-state index >= 15 is 0 Å². The molecule has 0 atom stereocenters. The number of hydrogen-bond acceptors (Lipinski definition) is 7. The lowest BCUT2D eigenvalue weighted by atomic mass is 10.3. The van der Waals surface area contributed by atoms with Gasteiger partial charge in [0, 0.05) is 12.3 Å². The molecule has 0 radical (unpaired) electrons. The van der Waals surface area contributed by atoms with Gasteiger partial charge in [0.25, 0.3) is 0 Å². The normalized spacial score (nSPS) is 13.8. The SMILES string of the molecule is CCCCOc1ccnc(C2=NNNN2)c1O. The summed E-state index contributed by atoms with van der Waals surface area (Å²) in [5.74, 6) is 0.823. The van der Waals surface area contributed by atoms with Crippen LogP contribution in [0.5, 0.6) is 11.5 Å². The number of hydrogen-bond donors (Lipinski definition) is 4. The van der Waals surface area contributed by atoms with Crippen molar-refractivity contribution in [1.29, 1.82) is 0 Å². The fourth-order valence-electron chi connectivity index (χ4n) is 1.36. The monoisotopic (exact) mass is 237 g/mol. The molecule has 2 heterocycles. The molecule has 0 aliphatic carbocycles. The van der Waals surface area contributed by atoms with Crippen LogP contribution < -0.4 is 21.2 Å². The summed E-state index contributed by atoms with van der Waals surface area (Å²) in [6, 6.07) is 1.63. The fourth-order valence-corrected chi connectivity index (χ4v) is 1.36. The Bertz CT molecular complexity index is 421. The molecule has 0 saturated heterocycles. The van der Waals surface area contributed by atoms with Crippen molar-refractivity contribution in [3.05, 3.63) is 18.0 Å². The summed E-state index contributed by atoms with van der Waals surface area (Å²) in [4.78, 5) is 4.05. The van der Waals surface area contributed by atoms with Gasteiger partial charge in [-0.3, -0.25) is 5.43 Å². The van der Waals surface area contributed by atoms with Gasteiger partial charge in [0.15, 0.2) is 23.0 Å². The number of nitrogens with zero attached hydrogens (tertiary/aromatic N) is 2. The lowest BCUT2D eigenvalue weighted by Gasteiger charge is -2.09. The zero-order chi connectivity index (χ0) is 12.1. The van der Waals surface area contributed by atoms with E-state index in [4.69, 9.17) is 4.74 Å². The standard InChI is InChI=1S/C10H15N5O2/c1-2-3-6-17-7-4-5-11-8(9(7)16)10-12-14-15-13-10/h4-5,14-16H,2-3,6H2,1H3,(H,12,13). The molecule has 0 amide bonds. The highest BCUT2D eigenvalue weighted by atomic mass is 16.5. The second kappa shape index (κ2) is 5.35. The van der Waals surface area contributed by atoms with Crippen LogP contribution in [0, 0.1) is 0 Å². The first-order valence-corrected chi connectivity index (χ1v) is 5.47. The van der Waals surface area contributed by atoms with Crippen molar-refractivity contribution >= 4 is 5.84 Å². The van der Waals surface area contributed by atoms with E-state index in [1.165, 1.54) is 0 Å². The quantitative estimate of drug-likeness (QED) is 0.548. The van der Waals surface area contributed by atoms with Crippen LogP contribution in [0.25, 0.3) is 0 Å². The van der Waals surface area contributed by atoms with E-state index in [0.717, 1.165) is 12.8 Å². The lowest BCUT2D eigenvalue weighted by molar-refractivity contribution is 0.292. The molecule has 0 aromatic carbocycles. The molecule has 1 aromatic rings. The molecule has 0 bridgehead atoms. The van der Waals surface area contributed by atoms with Crippen LogP contribution in [0.2, 0.25) is 0 Å². The predicted octanol–water partition coefficient (Wildman–Crippen LogP) is 0.240. The third kappa shape index (κ3) is 2.56. The maximum absolute atomic E-state index is 9.98. The molecule has 0 saturated carbocycles. The molecular formula is C10H15N5O2. The molecule has 7 heteroatoms. The fraction of sp³-hybridized carbons (Fsp3) is 0.400. The van der Waals surface area contributed by atoms with Gasteiger partial charge in [0.05, 0.1) is 6.61 Å². The van der Waals surface area contributed by atoms with Crippen molar-refractivity contribution in [2.24, 2.45) is 5.10 Å². The van der Waals surface area contributed by atoms with Crippen LogP contribution in [0.3, 0.4) is 0 Å². The maximum atomic E-state index is 9.98. The summed E-state index contributed by atoms with van der Waals surface area (Å²) in [5, 5.41) is 13.9. The first kappa shape index (κ1) is 11.5. The number of hydrazine groups is 2. The molecule has 7 nitrogen and oxygen atoms in total. The van der Waals surface area contributed by atoms with Gasteiger partial charge in [0.1, 0.15) is 0 Å².